The zero-order valence-electron chi connectivity index (χ0n) is 13.8. The van der Waals surface area contributed by atoms with Crippen molar-refractivity contribution in [1.29, 1.82) is 0 Å². The highest BCUT2D eigenvalue weighted by molar-refractivity contribution is 6.07. The van der Waals surface area contributed by atoms with Gasteiger partial charge in [-0.3, -0.25) is 4.79 Å². The molecule has 1 N–H and O–H groups in total. The summed E-state index contributed by atoms with van der Waals surface area (Å²) in [6.07, 6.45) is 3.83. The largest absolute Gasteiger partial charge is 0.352 e. The summed E-state index contributed by atoms with van der Waals surface area (Å²) in [5, 5.41) is 3.43. The van der Waals surface area contributed by atoms with Crippen molar-refractivity contribution in [3.8, 4) is 11.4 Å². The van der Waals surface area contributed by atoms with Gasteiger partial charge in [0.15, 0.2) is 0 Å². The number of unbranched alkanes of at least 4 members (excludes halogenated alkanes) is 1. The molecule has 0 saturated heterocycles. The molecule has 0 aliphatic carbocycles. The van der Waals surface area contributed by atoms with Gasteiger partial charge in [0.25, 0.3) is 5.91 Å². The van der Waals surface area contributed by atoms with Crippen LogP contribution in [0.4, 0.5) is 4.39 Å². The number of carbonyl (C=O) groups is 1. The number of benzene rings is 1. The van der Waals surface area contributed by atoms with Crippen LogP contribution < -0.4 is 5.32 Å². The first-order valence-corrected chi connectivity index (χ1v) is 8.10. The molecule has 4 nitrogen and oxygen atoms in total. The Kier molecular flexibility index (Phi) is 4.60. The van der Waals surface area contributed by atoms with Crippen LogP contribution in [0.1, 0.15) is 30.1 Å². The van der Waals surface area contributed by atoms with Crippen molar-refractivity contribution in [1.82, 2.24) is 14.9 Å². The topological polar surface area (TPSA) is 46.9 Å². The summed E-state index contributed by atoms with van der Waals surface area (Å²) in [7, 11) is 1.92. The first kappa shape index (κ1) is 16.2. The third-order valence-electron chi connectivity index (χ3n) is 4.04. The Balaban J connectivity index is 2.11. The van der Waals surface area contributed by atoms with Gasteiger partial charge in [-0.25, -0.2) is 9.37 Å². The highest BCUT2D eigenvalue weighted by Gasteiger charge is 2.15. The van der Waals surface area contributed by atoms with Crippen molar-refractivity contribution >= 4 is 16.8 Å². The van der Waals surface area contributed by atoms with Crippen LogP contribution in [0.15, 0.2) is 42.6 Å². The maximum absolute atomic E-state index is 13.7. The predicted molar refractivity (Wildman–Crippen MR) is 93.3 cm³/mol. The van der Waals surface area contributed by atoms with Crippen LogP contribution in [0.3, 0.4) is 0 Å². The van der Waals surface area contributed by atoms with Crippen LogP contribution in [-0.4, -0.2) is 22.0 Å². The molecule has 1 aromatic carbocycles. The van der Waals surface area contributed by atoms with E-state index in [2.05, 4.69) is 17.2 Å². The lowest BCUT2D eigenvalue weighted by Crippen LogP contribution is -2.24. The van der Waals surface area contributed by atoms with Crippen LogP contribution in [0.5, 0.6) is 0 Å². The Morgan fingerprint density at radius 2 is 2.12 bits per heavy atom. The van der Waals surface area contributed by atoms with E-state index in [0.29, 0.717) is 28.7 Å². The lowest BCUT2D eigenvalue weighted by atomic mass is 10.1. The average Bonchev–Trinajstić information content (AvgIpc) is 3.00. The summed E-state index contributed by atoms with van der Waals surface area (Å²) >= 11 is 0. The van der Waals surface area contributed by atoms with Crippen molar-refractivity contribution < 1.29 is 9.18 Å². The molecule has 3 rings (SSSR count). The number of nitrogens with one attached hydrogen (secondary N) is 1. The van der Waals surface area contributed by atoms with Crippen molar-refractivity contribution in [2.24, 2.45) is 7.05 Å². The third-order valence-corrected chi connectivity index (χ3v) is 4.04. The lowest BCUT2D eigenvalue weighted by Gasteiger charge is -2.11. The van der Waals surface area contributed by atoms with Gasteiger partial charge in [0.1, 0.15) is 5.82 Å². The number of halogens is 1. The minimum absolute atomic E-state index is 0.197. The molecule has 1 amide bonds. The van der Waals surface area contributed by atoms with E-state index < -0.39 is 0 Å². The molecular formula is C19H20FN3O. The summed E-state index contributed by atoms with van der Waals surface area (Å²) in [4.78, 5) is 17.2. The number of rotatable bonds is 5. The molecule has 2 heterocycles. The first-order chi connectivity index (χ1) is 11.6. The number of pyridine rings is 1. The lowest BCUT2D eigenvalue weighted by molar-refractivity contribution is 0.0955. The Hall–Kier alpha value is -2.69. The number of amides is 1. The summed E-state index contributed by atoms with van der Waals surface area (Å²) in [6, 6.07) is 9.94. The molecule has 0 spiro atoms. The second-order valence-electron chi connectivity index (χ2n) is 5.83. The highest BCUT2D eigenvalue weighted by Crippen LogP contribution is 2.25. The normalized spacial score (nSPS) is 11.0. The van der Waals surface area contributed by atoms with Crippen LogP contribution in [0.25, 0.3) is 22.3 Å². The molecule has 2 aromatic heterocycles. The smallest absolute Gasteiger partial charge is 0.252 e. The van der Waals surface area contributed by atoms with E-state index in [4.69, 9.17) is 0 Å². The Bertz CT molecular complexity index is 885. The van der Waals surface area contributed by atoms with Gasteiger partial charge in [-0.2, -0.15) is 0 Å². The van der Waals surface area contributed by atoms with Gasteiger partial charge in [-0.15, -0.1) is 0 Å². The standard InChI is InChI=1S/C19H20FN3O/c1-3-4-9-21-19(24)15-12-17(18-6-5-10-23(18)2)22-16-8-7-13(20)11-14(15)16/h5-8,10-12H,3-4,9H2,1-2H3,(H,21,24). The molecule has 0 saturated carbocycles. The molecule has 0 fully saturated rings. The molecule has 0 radical (unpaired) electrons. The Morgan fingerprint density at radius 1 is 1.29 bits per heavy atom. The summed E-state index contributed by atoms with van der Waals surface area (Å²) in [5.41, 5.74) is 2.66. The quantitative estimate of drug-likeness (QED) is 0.723. The fraction of sp³-hybridized carbons (Fsp3) is 0.263. The first-order valence-electron chi connectivity index (χ1n) is 8.10. The fourth-order valence-corrected chi connectivity index (χ4v) is 2.72. The van der Waals surface area contributed by atoms with E-state index in [9.17, 15) is 9.18 Å². The summed E-state index contributed by atoms with van der Waals surface area (Å²) in [6.45, 7) is 2.67. The van der Waals surface area contributed by atoms with E-state index in [1.165, 1.54) is 12.1 Å². The van der Waals surface area contributed by atoms with Crippen molar-refractivity contribution in [2.45, 2.75) is 19.8 Å². The second-order valence-corrected chi connectivity index (χ2v) is 5.83. The minimum atomic E-state index is -0.376. The van der Waals surface area contributed by atoms with Crippen molar-refractivity contribution in [3.63, 3.8) is 0 Å². The van der Waals surface area contributed by atoms with Crippen LogP contribution in [-0.2, 0) is 7.05 Å². The summed E-state index contributed by atoms with van der Waals surface area (Å²) in [5.74, 6) is -0.574. The molecule has 0 aliphatic rings. The predicted octanol–water partition coefficient (Wildman–Crippen LogP) is 3.91. The highest BCUT2D eigenvalue weighted by atomic mass is 19.1. The molecule has 0 aliphatic heterocycles. The second kappa shape index (κ2) is 6.83. The number of carbonyl (C=O) groups excluding carboxylic acids is 1. The van der Waals surface area contributed by atoms with Gasteiger partial charge in [-0.05, 0) is 42.8 Å². The number of hydrogen-bond donors (Lipinski definition) is 1. The fourth-order valence-electron chi connectivity index (χ4n) is 2.72. The third kappa shape index (κ3) is 3.15. The Morgan fingerprint density at radius 3 is 2.83 bits per heavy atom. The minimum Gasteiger partial charge on any atom is -0.352 e. The maximum Gasteiger partial charge on any atom is 0.252 e. The molecule has 124 valence electrons. The van der Waals surface area contributed by atoms with Gasteiger partial charge in [-0.1, -0.05) is 13.3 Å². The summed E-state index contributed by atoms with van der Waals surface area (Å²) < 4.78 is 15.6. The number of hydrogen-bond acceptors (Lipinski definition) is 2. The molecular weight excluding hydrogens is 305 g/mol. The van der Waals surface area contributed by atoms with Crippen LogP contribution >= 0.6 is 0 Å². The molecule has 0 bridgehead atoms. The maximum atomic E-state index is 13.7. The molecule has 3 aromatic rings. The van der Waals surface area contributed by atoms with Crippen molar-refractivity contribution in [2.75, 3.05) is 6.54 Å². The molecule has 24 heavy (non-hydrogen) atoms. The van der Waals surface area contributed by atoms with Gasteiger partial charge in [0.2, 0.25) is 0 Å². The Labute approximate surface area is 140 Å². The van der Waals surface area contributed by atoms with E-state index in [-0.39, 0.29) is 11.7 Å². The van der Waals surface area contributed by atoms with Gasteiger partial charge < -0.3 is 9.88 Å². The van der Waals surface area contributed by atoms with Gasteiger partial charge >= 0.3 is 0 Å². The van der Waals surface area contributed by atoms with Crippen LogP contribution in [0, 0.1) is 5.82 Å². The monoisotopic (exact) mass is 325 g/mol. The number of aryl methyl sites for hydroxylation is 1. The zero-order valence-corrected chi connectivity index (χ0v) is 13.8. The number of aromatic nitrogens is 2. The van der Waals surface area contributed by atoms with Gasteiger partial charge in [0.05, 0.1) is 22.5 Å². The zero-order chi connectivity index (χ0) is 17.1. The van der Waals surface area contributed by atoms with Crippen molar-refractivity contribution in [3.05, 3.63) is 54.0 Å². The molecule has 5 heteroatoms. The SMILES string of the molecule is CCCCNC(=O)c1cc(-c2cccn2C)nc2ccc(F)cc12. The number of fused-ring (bicyclic) bond motifs is 1. The van der Waals surface area contributed by atoms with E-state index in [1.807, 2.05) is 29.9 Å². The molecule has 0 unspecified atom stereocenters. The van der Waals surface area contributed by atoms with Gasteiger partial charge in [0, 0.05) is 25.2 Å². The average molecular weight is 325 g/mol. The van der Waals surface area contributed by atoms with E-state index in [1.54, 1.807) is 12.1 Å². The molecule has 0 atom stereocenters. The van der Waals surface area contributed by atoms with Crippen LogP contribution in [0.2, 0.25) is 0 Å². The van der Waals surface area contributed by atoms with E-state index >= 15 is 0 Å². The van der Waals surface area contributed by atoms with E-state index in [0.717, 1.165) is 18.5 Å². The number of nitrogens with zero attached hydrogens (tertiary/aromatic N) is 2.